The van der Waals surface area contributed by atoms with Gasteiger partial charge in [0.05, 0.1) is 18.6 Å². The number of allylic oxidation sites excluding steroid dienone is 10. The summed E-state index contributed by atoms with van der Waals surface area (Å²) in [6.07, 6.45) is 18.2. The van der Waals surface area contributed by atoms with Crippen molar-refractivity contribution in [3.05, 3.63) is 94.8 Å². The first-order valence-electron chi connectivity index (χ1n) is 14.5. The fourth-order valence-electron chi connectivity index (χ4n) is 4.39. The van der Waals surface area contributed by atoms with Crippen molar-refractivity contribution in [3.63, 3.8) is 0 Å². The van der Waals surface area contributed by atoms with Gasteiger partial charge in [0.1, 0.15) is 5.54 Å². The largest absolute Gasteiger partial charge is 0.498 e. The molecule has 2 N–H and O–H groups in total. The smallest absolute Gasteiger partial charge is 0.324 e. The van der Waals surface area contributed by atoms with Gasteiger partial charge in [0, 0.05) is 6.42 Å². The number of carboxylic acid groups (broad SMARTS) is 1. The lowest BCUT2D eigenvalue weighted by Crippen LogP contribution is -2.57. The van der Waals surface area contributed by atoms with Crippen molar-refractivity contribution in [1.82, 2.24) is 4.72 Å². The zero-order valence-electron chi connectivity index (χ0n) is 26.4. The van der Waals surface area contributed by atoms with E-state index in [-0.39, 0.29) is 5.92 Å². The maximum atomic E-state index is 11.7. The van der Waals surface area contributed by atoms with E-state index in [1.807, 2.05) is 32.1 Å². The van der Waals surface area contributed by atoms with E-state index >= 15 is 0 Å². The number of rotatable bonds is 10. The summed E-state index contributed by atoms with van der Waals surface area (Å²) in [5.41, 5.74) is 3.91. The van der Waals surface area contributed by atoms with Gasteiger partial charge >= 0.3 is 5.97 Å². The van der Waals surface area contributed by atoms with Gasteiger partial charge in [-0.05, 0) is 68.6 Å². The predicted octanol–water partition coefficient (Wildman–Crippen LogP) is 7.54. The van der Waals surface area contributed by atoms with Gasteiger partial charge in [-0.2, -0.15) is 4.72 Å². The average Bonchev–Trinajstić information content (AvgIpc) is 3.12. The Kier molecular flexibility index (Phi) is 15.1. The highest BCUT2D eigenvalue weighted by molar-refractivity contribution is 7.88. The van der Waals surface area contributed by atoms with Crippen LogP contribution >= 0.6 is 0 Å². The molecule has 1 aromatic rings. The molecule has 41 heavy (non-hydrogen) atoms. The van der Waals surface area contributed by atoms with E-state index in [1.54, 1.807) is 6.92 Å². The number of nitrogens with one attached hydrogen (secondary N) is 1. The molecule has 3 atom stereocenters. The van der Waals surface area contributed by atoms with Crippen molar-refractivity contribution in [1.29, 1.82) is 0 Å². The number of aryl methyl sites for hydroxylation is 1. The molecule has 3 unspecified atom stereocenters. The summed E-state index contributed by atoms with van der Waals surface area (Å²) in [5, 5.41) is 9.54. The molecular formula is C34H51NO5S. The lowest BCUT2D eigenvalue weighted by atomic mass is 9.75. The van der Waals surface area contributed by atoms with Crippen LogP contribution in [0.25, 0.3) is 0 Å². The minimum atomic E-state index is -3.65. The number of sulfonamides is 1. The SMILES string of the molecule is CC.CC(C)COC1=CC=CC(C(C)C(C)(NS(C)(=O)=O)C(=O)O)C1.CC1=CCC=C(Cc2ccc(C)cc2)C=C1. The first-order valence-corrected chi connectivity index (χ1v) is 16.4. The first-order chi connectivity index (χ1) is 19.2. The van der Waals surface area contributed by atoms with Gasteiger partial charge in [0.25, 0.3) is 0 Å². The second kappa shape index (κ2) is 17.1. The van der Waals surface area contributed by atoms with Crippen molar-refractivity contribution in [3.8, 4) is 0 Å². The molecule has 0 amide bonds. The van der Waals surface area contributed by atoms with Gasteiger partial charge in [-0.25, -0.2) is 8.42 Å². The van der Waals surface area contributed by atoms with Crippen molar-refractivity contribution in [2.24, 2.45) is 17.8 Å². The highest BCUT2D eigenvalue weighted by Crippen LogP contribution is 2.33. The van der Waals surface area contributed by atoms with E-state index in [4.69, 9.17) is 4.74 Å². The normalized spacial score (nSPS) is 18.7. The van der Waals surface area contributed by atoms with Crippen LogP contribution < -0.4 is 4.72 Å². The summed E-state index contributed by atoms with van der Waals surface area (Å²) < 4.78 is 31.1. The van der Waals surface area contributed by atoms with Crippen LogP contribution in [0.1, 0.15) is 72.4 Å². The highest BCUT2D eigenvalue weighted by atomic mass is 32.2. The van der Waals surface area contributed by atoms with E-state index in [1.165, 1.54) is 29.2 Å². The molecule has 228 valence electrons. The summed E-state index contributed by atoms with van der Waals surface area (Å²) in [5.74, 6) is -0.572. The zero-order chi connectivity index (χ0) is 31.2. The van der Waals surface area contributed by atoms with Crippen LogP contribution in [-0.2, 0) is 26.0 Å². The maximum Gasteiger partial charge on any atom is 0.324 e. The molecule has 0 bridgehead atoms. The molecule has 0 saturated heterocycles. The van der Waals surface area contributed by atoms with E-state index < -0.39 is 27.4 Å². The molecule has 0 radical (unpaired) electrons. The van der Waals surface area contributed by atoms with Gasteiger partial charge in [-0.3, -0.25) is 4.79 Å². The average molecular weight is 586 g/mol. The first kappa shape index (κ1) is 36.1. The van der Waals surface area contributed by atoms with Crippen LogP contribution in [0, 0.1) is 24.7 Å². The Bertz CT molecular complexity index is 1240. The topological polar surface area (TPSA) is 92.7 Å². The third-order valence-electron chi connectivity index (χ3n) is 6.98. The number of hydrogen-bond acceptors (Lipinski definition) is 4. The van der Waals surface area contributed by atoms with Crippen LogP contribution in [0.2, 0.25) is 0 Å². The molecule has 0 aliphatic heterocycles. The van der Waals surface area contributed by atoms with Gasteiger partial charge in [0.15, 0.2) is 0 Å². The molecule has 7 heteroatoms. The standard InChI is InChI=1S/C16H27NO5S.C16H18.C2H6/c1-11(2)10-22-14-8-6-7-13(9-14)12(3)16(4,15(18)19)17-23(5,20)21;1-13-4-3-5-15(9-6-13)12-16-10-7-14(2)8-11-16;1-2/h6-8,11-13,17H,9-10H2,1-5H3,(H,18,19);4-11H,3,12H2,1-2H3;1-2H3. The van der Waals surface area contributed by atoms with E-state index in [2.05, 4.69) is 81.0 Å². The number of carbonyl (C=O) groups is 1. The molecule has 0 spiro atoms. The Morgan fingerprint density at radius 2 is 1.73 bits per heavy atom. The van der Waals surface area contributed by atoms with Gasteiger partial charge in [0.2, 0.25) is 10.0 Å². The summed E-state index contributed by atoms with van der Waals surface area (Å²) in [6.45, 7) is 16.1. The minimum absolute atomic E-state index is 0.127. The van der Waals surface area contributed by atoms with Crippen LogP contribution in [0.3, 0.4) is 0 Å². The Morgan fingerprint density at radius 3 is 2.29 bits per heavy atom. The molecule has 2 aliphatic rings. The highest BCUT2D eigenvalue weighted by Gasteiger charge is 2.44. The lowest BCUT2D eigenvalue weighted by Gasteiger charge is -2.36. The molecule has 6 nitrogen and oxygen atoms in total. The summed E-state index contributed by atoms with van der Waals surface area (Å²) >= 11 is 0. The number of carboxylic acids is 1. The van der Waals surface area contributed by atoms with Gasteiger partial charge in [-0.15, -0.1) is 0 Å². The molecular weight excluding hydrogens is 534 g/mol. The second-order valence-electron chi connectivity index (χ2n) is 11.2. The Balaban J connectivity index is 0.000000407. The minimum Gasteiger partial charge on any atom is -0.498 e. The lowest BCUT2D eigenvalue weighted by molar-refractivity contribution is -0.146. The molecule has 0 aromatic heterocycles. The van der Waals surface area contributed by atoms with Crippen molar-refractivity contribution in [2.75, 3.05) is 12.9 Å². The monoisotopic (exact) mass is 585 g/mol. The molecule has 0 heterocycles. The molecule has 0 saturated carbocycles. The van der Waals surface area contributed by atoms with Crippen LogP contribution in [0.5, 0.6) is 0 Å². The van der Waals surface area contributed by atoms with E-state index in [0.717, 1.165) is 24.9 Å². The summed E-state index contributed by atoms with van der Waals surface area (Å²) in [4.78, 5) is 11.7. The Hall–Kier alpha value is -2.90. The number of ether oxygens (including phenoxy) is 1. The molecule has 0 fully saturated rings. The summed E-state index contributed by atoms with van der Waals surface area (Å²) in [6, 6.07) is 8.80. The maximum absolute atomic E-state index is 11.7. The second-order valence-corrected chi connectivity index (χ2v) is 13.0. The van der Waals surface area contributed by atoms with Crippen LogP contribution in [0.15, 0.2) is 83.7 Å². The quantitative estimate of drug-likeness (QED) is 0.296. The van der Waals surface area contributed by atoms with Crippen molar-refractivity contribution < 1.29 is 23.1 Å². The third kappa shape index (κ3) is 13.1. The fraction of sp³-hybridized carbons (Fsp3) is 0.500. The Morgan fingerprint density at radius 1 is 1.10 bits per heavy atom. The summed E-state index contributed by atoms with van der Waals surface area (Å²) in [7, 11) is -3.65. The van der Waals surface area contributed by atoms with Crippen LogP contribution in [-0.4, -0.2) is 37.9 Å². The number of benzene rings is 1. The number of hydrogen-bond donors (Lipinski definition) is 2. The van der Waals surface area contributed by atoms with E-state index in [9.17, 15) is 18.3 Å². The van der Waals surface area contributed by atoms with Crippen molar-refractivity contribution >= 4 is 16.0 Å². The molecule has 3 rings (SSSR count). The molecule has 1 aromatic carbocycles. The Labute approximate surface area is 249 Å². The predicted molar refractivity (Wildman–Crippen MR) is 171 cm³/mol. The van der Waals surface area contributed by atoms with E-state index in [0.29, 0.717) is 18.9 Å². The fourth-order valence-corrected chi connectivity index (χ4v) is 5.43. The van der Waals surface area contributed by atoms with Crippen LogP contribution in [0.4, 0.5) is 0 Å². The number of aliphatic carboxylic acids is 1. The third-order valence-corrected chi connectivity index (χ3v) is 7.78. The van der Waals surface area contributed by atoms with Crippen molar-refractivity contribution in [2.45, 2.75) is 80.2 Å². The molecule has 2 aliphatic carbocycles. The zero-order valence-corrected chi connectivity index (χ0v) is 27.2. The van der Waals surface area contributed by atoms with Gasteiger partial charge < -0.3 is 9.84 Å². The van der Waals surface area contributed by atoms with Gasteiger partial charge in [-0.1, -0.05) is 106 Å².